The number of carboxylic acids is 2. The van der Waals surface area contributed by atoms with E-state index in [0.29, 0.717) is 5.69 Å². The van der Waals surface area contributed by atoms with Crippen molar-refractivity contribution in [3.05, 3.63) is 29.3 Å². The van der Waals surface area contributed by atoms with Gasteiger partial charge in [0, 0.05) is 12.2 Å². The summed E-state index contributed by atoms with van der Waals surface area (Å²) in [6, 6.07) is 4.34. The molecule has 0 heterocycles. The molecule has 0 aliphatic rings. The molecule has 0 aliphatic heterocycles. The number of carbonyl (C=O) groups is 2. The maximum atomic E-state index is 11.1. The Hall–Kier alpha value is -0.0400. The fourth-order valence-corrected chi connectivity index (χ4v) is 2.69. The van der Waals surface area contributed by atoms with E-state index in [9.17, 15) is 9.59 Å². The molecule has 0 saturated carbocycles. The molecule has 0 aliphatic carbocycles. The molecule has 0 radical (unpaired) electrons. The molecule has 1 aromatic carbocycles. The number of unbranched alkanes of at least 4 members (excludes halogenated alkanes) is 8. The minimum absolute atomic E-state index is 0. The van der Waals surface area contributed by atoms with Crippen molar-refractivity contribution < 1.29 is 19.8 Å². The zero-order valence-corrected chi connectivity index (χ0v) is 14.5. The molecule has 0 unspecified atom stereocenters. The van der Waals surface area contributed by atoms with E-state index < -0.39 is 11.9 Å². The molecule has 0 amide bonds. The molecule has 0 fully saturated rings. The normalized spacial score (nSPS) is 9.73. The molecule has 3 N–H and O–H groups in total. The van der Waals surface area contributed by atoms with Gasteiger partial charge in [0.25, 0.3) is 0 Å². The summed E-state index contributed by atoms with van der Waals surface area (Å²) in [6.07, 6.45) is 11.3. The van der Waals surface area contributed by atoms with Crippen molar-refractivity contribution in [3.8, 4) is 0 Å². The summed E-state index contributed by atoms with van der Waals surface area (Å²) < 4.78 is 0. The van der Waals surface area contributed by atoms with E-state index >= 15 is 0 Å². The Morgan fingerprint density at radius 3 is 1.81 bits per heavy atom. The molecule has 138 valence electrons. The Morgan fingerprint density at radius 1 is 0.808 bits per heavy atom. The van der Waals surface area contributed by atoms with E-state index in [1.807, 2.05) is 0 Å². The summed E-state index contributed by atoms with van der Waals surface area (Å²) in [5.74, 6) is -2.45. The van der Waals surface area contributed by atoms with E-state index in [4.69, 9.17) is 10.2 Å². The summed E-state index contributed by atoms with van der Waals surface area (Å²) in [5.41, 5.74) is 0.285. The van der Waals surface area contributed by atoms with Crippen LogP contribution in [0.15, 0.2) is 18.2 Å². The predicted molar refractivity (Wildman–Crippen MR) is 110 cm³/mol. The van der Waals surface area contributed by atoms with Gasteiger partial charge in [-0.1, -0.05) is 58.3 Å². The first-order chi connectivity index (χ1) is 11.6. The molecule has 1 rings (SSSR count). The third-order valence-electron chi connectivity index (χ3n) is 4.09. The van der Waals surface area contributed by atoms with Crippen molar-refractivity contribution in [1.82, 2.24) is 0 Å². The third kappa shape index (κ3) is 11.6. The second-order valence-electron chi connectivity index (χ2n) is 6.13. The topological polar surface area (TPSA) is 86.6 Å². The molecular weight excluding hydrogens is 352 g/mol. The van der Waals surface area contributed by atoms with Crippen LogP contribution in [0.1, 0.15) is 85.4 Å². The average molecular weight is 383 g/mol. The molecule has 1 aromatic rings. The summed E-state index contributed by atoms with van der Waals surface area (Å²) in [6.45, 7) is 2.99. The van der Waals surface area contributed by atoms with Crippen LogP contribution in [-0.4, -0.2) is 87.8 Å². The Bertz CT molecular complexity index is 538. The number of nitrogens with one attached hydrogen (secondary N) is 1. The Labute approximate surface area is 200 Å². The van der Waals surface area contributed by atoms with Crippen LogP contribution in [0.3, 0.4) is 0 Å². The van der Waals surface area contributed by atoms with Crippen LogP contribution < -0.4 is 5.32 Å². The van der Waals surface area contributed by atoms with E-state index in [1.54, 1.807) is 6.07 Å². The van der Waals surface area contributed by atoms with Gasteiger partial charge < -0.3 is 15.5 Å². The van der Waals surface area contributed by atoms with E-state index in [2.05, 4.69) is 12.2 Å². The van der Waals surface area contributed by atoms with Gasteiger partial charge in [0.05, 0.1) is 11.1 Å². The van der Waals surface area contributed by atoms with Gasteiger partial charge in [-0.3, -0.25) is 0 Å². The fourth-order valence-electron chi connectivity index (χ4n) is 2.69. The quantitative estimate of drug-likeness (QED) is 0.357. The van der Waals surface area contributed by atoms with Gasteiger partial charge in [0.1, 0.15) is 0 Å². The first-order valence-electron chi connectivity index (χ1n) is 8.90. The average Bonchev–Trinajstić information content (AvgIpc) is 2.56. The number of benzene rings is 1. The fraction of sp³-hybridized carbons (Fsp3) is 0.579. The predicted octanol–water partition coefficient (Wildman–Crippen LogP) is 3.73. The molecule has 5 nitrogen and oxygen atoms in total. The van der Waals surface area contributed by atoms with Crippen molar-refractivity contribution >= 4 is 76.7 Å². The van der Waals surface area contributed by atoms with Crippen LogP contribution in [0.4, 0.5) is 5.69 Å². The van der Waals surface area contributed by atoms with Crippen LogP contribution in [-0.2, 0) is 0 Å². The van der Waals surface area contributed by atoms with Gasteiger partial charge in [-0.15, -0.1) is 0 Å². The van der Waals surface area contributed by atoms with Gasteiger partial charge in [-0.05, 0) is 24.6 Å². The molecule has 26 heavy (non-hydrogen) atoms. The van der Waals surface area contributed by atoms with E-state index in [-0.39, 0.29) is 70.2 Å². The van der Waals surface area contributed by atoms with Crippen LogP contribution in [0, 0.1) is 0 Å². The summed E-state index contributed by atoms with van der Waals surface area (Å²) in [4.78, 5) is 22.1. The van der Waals surface area contributed by atoms with Gasteiger partial charge in [0.15, 0.2) is 0 Å². The van der Waals surface area contributed by atoms with Crippen LogP contribution >= 0.6 is 0 Å². The third-order valence-corrected chi connectivity index (χ3v) is 4.09. The first kappa shape index (κ1) is 28.2. The van der Waals surface area contributed by atoms with Crippen molar-refractivity contribution in [2.24, 2.45) is 0 Å². The molecule has 0 bridgehead atoms. The number of aromatic carboxylic acids is 2. The molecule has 0 spiro atoms. The minimum atomic E-state index is -1.22. The van der Waals surface area contributed by atoms with Gasteiger partial charge in [-0.2, -0.15) is 0 Å². The van der Waals surface area contributed by atoms with Crippen LogP contribution in [0.2, 0.25) is 0 Å². The number of hydrogen-bond donors (Lipinski definition) is 3. The summed E-state index contributed by atoms with van der Waals surface area (Å²) in [7, 11) is 0. The summed E-state index contributed by atoms with van der Waals surface area (Å²) >= 11 is 0. The van der Waals surface area contributed by atoms with Crippen LogP contribution in [0.5, 0.6) is 0 Å². The molecule has 7 heteroatoms. The maximum absolute atomic E-state index is 11.1. The van der Waals surface area contributed by atoms with Crippen molar-refractivity contribution in [3.63, 3.8) is 0 Å². The van der Waals surface area contributed by atoms with Crippen molar-refractivity contribution in [2.45, 2.75) is 64.7 Å². The monoisotopic (exact) mass is 383 g/mol. The second-order valence-corrected chi connectivity index (χ2v) is 6.13. The Balaban J connectivity index is 0. The standard InChI is InChI=1S/C19H29NO4.2Na.2H/c1-2-3-4-5-6-7-8-9-10-13-20-15-11-12-16(18(21)22)17(14-15)19(23)24;;;;/h11-12,14,20H,2-10,13H2,1H3,(H,21,22)(H,23,24);;;;. The number of hydrogen-bond acceptors (Lipinski definition) is 3. The van der Waals surface area contributed by atoms with Crippen molar-refractivity contribution in [1.29, 1.82) is 0 Å². The number of anilines is 1. The number of carboxylic acid groups (broad SMARTS) is 2. The van der Waals surface area contributed by atoms with Gasteiger partial charge in [-0.25, -0.2) is 9.59 Å². The van der Waals surface area contributed by atoms with E-state index in [0.717, 1.165) is 19.4 Å². The zero-order chi connectivity index (χ0) is 17.8. The van der Waals surface area contributed by atoms with Crippen LogP contribution in [0.25, 0.3) is 0 Å². The summed E-state index contributed by atoms with van der Waals surface area (Å²) in [5, 5.41) is 21.2. The Kier molecular flexibility index (Phi) is 18.5. The zero-order valence-electron chi connectivity index (χ0n) is 14.5. The number of rotatable bonds is 13. The molecular formula is C19H31NNa2O4. The molecule has 0 atom stereocenters. The Morgan fingerprint density at radius 2 is 1.31 bits per heavy atom. The van der Waals surface area contributed by atoms with Gasteiger partial charge in [0.2, 0.25) is 0 Å². The van der Waals surface area contributed by atoms with Gasteiger partial charge >= 0.3 is 71.1 Å². The first-order valence-corrected chi connectivity index (χ1v) is 8.90. The molecule has 0 saturated heterocycles. The SMILES string of the molecule is CCCCCCCCCCCNc1ccc(C(=O)O)c(C(=O)O)c1.[NaH].[NaH]. The second kappa shape index (κ2) is 17.1. The van der Waals surface area contributed by atoms with Crippen molar-refractivity contribution in [2.75, 3.05) is 11.9 Å². The van der Waals surface area contributed by atoms with E-state index in [1.165, 1.54) is 57.1 Å². The molecule has 0 aromatic heterocycles.